The van der Waals surface area contributed by atoms with Gasteiger partial charge in [0.1, 0.15) is 5.76 Å². The second-order valence-corrected chi connectivity index (χ2v) is 7.47. The second-order valence-electron chi connectivity index (χ2n) is 5.33. The standard InChI is InChI=1S/C16H22N2O5S/c1-17(2)24(19,20)18(12-14-6-5-9-23-14)11-13-7-8-15(21-3)16(10-13)22-4/h5-10H,11-12H2,1-4H3. The van der Waals surface area contributed by atoms with Gasteiger partial charge in [-0.25, -0.2) is 0 Å². The lowest BCUT2D eigenvalue weighted by molar-refractivity contribution is 0.332. The molecule has 0 atom stereocenters. The van der Waals surface area contributed by atoms with Crippen molar-refractivity contribution in [1.82, 2.24) is 8.61 Å². The lowest BCUT2D eigenvalue weighted by Gasteiger charge is -2.25. The number of hydrogen-bond acceptors (Lipinski definition) is 5. The fourth-order valence-electron chi connectivity index (χ4n) is 2.21. The average Bonchev–Trinajstić information content (AvgIpc) is 3.07. The van der Waals surface area contributed by atoms with Crippen LogP contribution in [0, 0.1) is 0 Å². The van der Waals surface area contributed by atoms with Gasteiger partial charge < -0.3 is 13.9 Å². The first kappa shape index (κ1) is 18.3. The number of nitrogens with zero attached hydrogens (tertiary/aromatic N) is 2. The van der Waals surface area contributed by atoms with Gasteiger partial charge in [0.25, 0.3) is 10.2 Å². The molecule has 1 aromatic heterocycles. The molecule has 7 nitrogen and oxygen atoms in total. The molecule has 1 aromatic carbocycles. The summed E-state index contributed by atoms with van der Waals surface area (Å²) in [7, 11) is 2.48. The van der Waals surface area contributed by atoms with E-state index in [9.17, 15) is 8.42 Å². The quantitative estimate of drug-likeness (QED) is 0.726. The average molecular weight is 354 g/mol. The largest absolute Gasteiger partial charge is 0.493 e. The lowest BCUT2D eigenvalue weighted by atomic mass is 10.2. The van der Waals surface area contributed by atoms with Gasteiger partial charge in [-0.2, -0.15) is 17.0 Å². The monoisotopic (exact) mass is 354 g/mol. The zero-order chi connectivity index (χ0) is 17.7. The zero-order valence-corrected chi connectivity index (χ0v) is 15.0. The predicted molar refractivity (Wildman–Crippen MR) is 90.1 cm³/mol. The van der Waals surface area contributed by atoms with E-state index in [-0.39, 0.29) is 13.1 Å². The highest BCUT2D eigenvalue weighted by Crippen LogP contribution is 2.28. The summed E-state index contributed by atoms with van der Waals surface area (Å²) in [5.41, 5.74) is 0.782. The summed E-state index contributed by atoms with van der Waals surface area (Å²) in [4.78, 5) is 0. The van der Waals surface area contributed by atoms with Crippen molar-refractivity contribution in [2.24, 2.45) is 0 Å². The van der Waals surface area contributed by atoms with Crippen LogP contribution in [0.3, 0.4) is 0 Å². The third-order valence-corrected chi connectivity index (χ3v) is 5.34. The molecule has 0 saturated carbocycles. The van der Waals surface area contributed by atoms with Crippen LogP contribution in [-0.4, -0.2) is 45.3 Å². The van der Waals surface area contributed by atoms with Crippen molar-refractivity contribution in [2.45, 2.75) is 13.1 Å². The van der Waals surface area contributed by atoms with Crippen molar-refractivity contribution in [3.8, 4) is 11.5 Å². The molecule has 24 heavy (non-hydrogen) atoms. The molecule has 0 aliphatic heterocycles. The van der Waals surface area contributed by atoms with E-state index in [0.717, 1.165) is 5.56 Å². The van der Waals surface area contributed by atoms with Crippen LogP contribution in [0.5, 0.6) is 11.5 Å². The van der Waals surface area contributed by atoms with E-state index in [1.54, 1.807) is 38.5 Å². The SMILES string of the molecule is COc1ccc(CN(Cc2ccco2)S(=O)(=O)N(C)C)cc1OC. The first-order valence-electron chi connectivity index (χ1n) is 7.29. The molecule has 0 aliphatic rings. The van der Waals surface area contributed by atoms with E-state index in [2.05, 4.69) is 0 Å². The molecule has 0 radical (unpaired) electrons. The molecule has 0 amide bonds. The number of rotatable bonds is 8. The van der Waals surface area contributed by atoms with Gasteiger partial charge in [-0.1, -0.05) is 6.07 Å². The Morgan fingerprint density at radius 3 is 2.29 bits per heavy atom. The van der Waals surface area contributed by atoms with Crippen molar-refractivity contribution < 1.29 is 22.3 Å². The first-order chi connectivity index (χ1) is 11.4. The fourth-order valence-corrected chi connectivity index (χ4v) is 3.27. The summed E-state index contributed by atoms with van der Waals surface area (Å²) in [5, 5.41) is 0. The smallest absolute Gasteiger partial charge is 0.282 e. The minimum absolute atomic E-state index is 0.141. The second kappa shape index (κ2) is 7.69. The highest BCUT2D eigenvalue weighted by molar-refractivity contribution is 7.86. The van der Waals surface area contributed by atoms with Gasteiger partial charge in [-0.05, 0) is 29.8 Å². The Hall–Kier alpha value is -2.03. The van der Waals surface area contributed by atoms with Crippen LogP contribution < -0.4 is 9.47 Å². The van der Waals surface area contributed by atoms with Crippen LogP contribution in [0.15, 0.2) is 41.0 Å². The Morgan fingerprint density at radius 1 is 1.04 bits per heavy atom. The Kier molecular flexibility index (Phi) is 5.87. The van der Waals surface area contributed by atoms with Crippen LogP contribution in [-0.2, 0) is 23.3 Å². The van der Waals surface area contributed by atoms with E-state index in [4.69, 9.17) is 13.9 Å². The maximum Gasteiger partial charge on any atom is 0.282 e. The maximum absolute atomic E-state index is 12.6. The van der Waals surface area contributed by atoms with Crippen LogP contribution in [0.1, 0.15) is 11.3 Å². The molecular weight excluding hydrogens is 332 g/mol. The number of benzene rings is 1. The van der Waals surface area contributed by atoms with Crippen LogP contribution in [0.2, 0.25) is 0 Å². The molecule has 2 rings (SSSR count). The first-order valence-corrected chi connectivity index (χ1v) is 8.69. The highest BCUT2D eigenvalue weighted by atomic mass is 32.2. The van der Waals surface area contributed by atoms with Gasteiger partial charge in [-0.3, -0.25) is 0 Å². The molecular formula is C16H22N2O5S. The maximum atomic E-state index is 12.6. The summed E-state index contributed by atoms with van der Waals surface area (Å²) in [5.74, 6) is 1.71. The Bertz CT molecular complexity index is 757. The summed E-state index contributed by atoms with van der Waals surface area (Å²) >= 11 is 0. The summed E-state index contributed by atoms with van der Waals surface area (Å²) in [6, 6.07) is 8.79. The summed E-state index contributed by atoms with van der Waals surface area (Å²) < 4.78 is 43.5. The highest BCUT2D eigenvalue weighted by Gasteiger charge is 2.26. The van der Waals surface area contributed by atoms with Gasteiger partial charge in [0.05, 0.1) is 27.0 Å². The van der Waals surface area contributed by atoms with Gasteiger partial charge in [-0.15, -0.1) is 0 Å². The molecule has 1 heterocycles. The van der Waals surface area contributed by atoms with Crippen molar-refractivity contribution in [1.29, 1.82) is 0 Å². The number of methoxy groups -OCH3 is 2. The van der Waals surface area contributed by atoms with E-state index in [1.807, 2.05) is 6.07 Å². The van der Waals surface area contributed by atoms with Crippen LogP contribution in [0.25, 0.3) is 0 Å². The minimum Gasteiger partial charge on any atom is -0.493 e. The predicted octanol–water partition coefficient (Wildman–Crippen LogP) is 2.11. The van der Waals surface area contributed by atoms with Gasteiger partial charge in [0.2, 0.25) is 0 Å². The van der Waals surface area contributed by atoms with E-state index in [1.165, 1.54) is 29.0 Å². The minimum atomic E-state index is -3.61. The third kappa shape index (κ3) is 4.08. The molecule has 0 aliphatic carbocycles. The third-order valence-electron chi connectivity index (χ3n) is 3.51. The van der Waals surface area contributed by atoms with Crippen LogP contribution >= 0.6 is 0 Å². The van der Waals surface area contributed by atoms with E-state index in [0.29, 0.717) is 17.3 Å². The number of ether oxygens (including phenoxy) is 2. The molecule has 8 heteroatoms. The topological polar surface area (TPSA) is 72.2 Å². The van der Waals surface area contributed by atoms with Crippen molar-refractivity contribution in [3.63, 3.8) is 0 Å². The molecule has 0 bridgehead atoms. The summed E-state index contributed by atoms with van der Waals surface area (Å²) in [6.45, 7) is 0.323. The Balaban J connectivity index is 2.31. The van der Waals surface area contributed by atoms with E-state index < -0.39 is 10.2 Å². The Labute approximate surface area is 142 Å². The van der Waals surface area contributed by atoms with Crippen molar-refractivity contribution >= 4 is 10.2 Å². The van der Waals surface area contributed by atoms with Gasteiger partial charge in [0.15, 0.2) is 11.5 Å². The molecule has 0 saturated heterocycles. The lowest BCUT2D eigenvalue weighted by Crippen LogP contribution is -2.39. The molecule has 0 unspecified atom stereocenters. The Morgan fingerprint density at radius 2 is 1.75 bits per heavy atom. The van der Waals surface area contributed by atoms with Crippen molar-refractivity contribution in [2.75, 3.05) is 28.3 Å². The molecule has 0 fully saturated rings. The van der Waals surface area contributed by atoms with Gasteiger partial charge in [0, 0.05) is 20.6 Å². The number of hydrogen-bond donors (Lipinski definition) is 0. The van der Waals surface area contributed by atoms with Gasteiger partial charge >= 0.3 is 0 Å². The zero-order valence-electron chi connectivity index (χ0n) is 14.2. The molecule has 0 spiro atoms. The van der Waals surface area contributed by atoms with Crippen LogP contribution in [0.4, 0.5) is 0 Å². The fraction of sp³-hybridized carbons (Fsp3) is 0.375. The normalized spacial score (nSPS) is 11.9. The molecule has 132 valence electrons. The molecule has 2 aromatic rings. The summed E-state index contributed by atoms with van der Waals surface area (Å²) in [6.07, 6.45) is 1.52. The molecule has 0 N–H and O–H groups in total. The van der Waals surface area contributed by atoms with E-state index >= 15 is 0 Å². The van der Waals surface area contributed by atoms with Crippen molar-refractivity contribution in [3.05, 3.63) is 47.9 Å². The number of furan rings is 1.